The summed E-state index contributed by atoms with van der Waals surface area (Å²) in [4.78, 5) is 4.12. The minimum Gasteiger partial charge on any atom is -0.333 e. The molecule has 0 saturated carbocycles. The largest absolute Gasteiger partial charge is 0.333 e. The van der Waals surface area contributed by atoms with Gasteiger partial charge in [0.15, 0.2) is 0 Å². The van der Waals surface area contributed by atoms with E-state index in [-0.39, 0.29) is 6.04 Å². The van der Waals surface area contributed by atoms with Crippen molar-refractivity contribution in [3.63, 3.8) is 0 Å². The standard InChI is InChI=1S/C11H17N3/c1-4-6-14-9-12-7-11(14)8-13-10(3)5-2/h2,7,9-10,13H,4,6,8H2,1,3H3. The van der Waals surface area contributed by atoms with E-state index in [9.17, 15) is 0 Å². The number of hydrogen-bond donors (Lipinski definition) is 1. The van der Waals surface area contributed by atoms with Crippen molar-refractivity contribution >= 4 is 0 Å². The summed E-state index contributed by atoms with van der Waals surface area (Å²) in [7, 11) is 0. The Morgan fingerprint density at radius 1 is 1.71 bits per heavy atom. The van der Waals surface area contributed by atoms with Crippen LogP contribution in [0.2, 0.25) is 0 Å². The predicted octanol–water partition coefficient (Wildman–Crippen LogP) is 1.40. The minimum atomic E-state index is 0.111. The smallest absolute Gasteiger partial charge is 0.0948 e. The van der Waals surface area contributed by atoms with Gasteiger partial charge in [0.2, 0.25) is 0 Å². The van der Waals surface area contributed by atoms with Gasteiger partial charge in [-0.2, -0.15) is 0 Å². The molecule has 0 aromatic carbocycles. The van der Waals surface area contributed by atoms with Crippen molar-refractivity contribution in [2.24, 2.45) is 0 Å². The number of terminal acetylenes is 1. The first kappa shape index (κ1) is 10.8. The summed E-state index contributed by atoms with van der Waals surface area (Å²) in [5.41, 5.74) is 1.19. The molecule has 0 saturated heterocycles. The Kier molecular flexibility index (Phi) is 4.21. The van der Waals surface area contributed by atoms with Crippen molar-refractivity contribution in [3.8, 4) is 12.3 Å². The molecule has 3 nitrogen and oxygen atoms in total. The van der Waals surface area contributed by atoms with Crippen molar-refractivity contribution in [2.45, 2.75) is 39.4 Å². The van der Waals surface area contributed by atoms with Crippen LogP contribution in [0.25, 0.3) is 0 Å². The van der Waals surface area contributed by atoms with Crippen LogP contribution in [-0.4, -0.2) is 15.6 Å². The van der Waals surface area contributed by atoms with Crippen molar-refractivity contribution in [1.29, 1.82) is 0 Å². The summed E-state index contributed by atoms with van der Waals surface area (Å²) in [6.07, 6.45) is 10.1. The number of aryl methyl sites for hydroxylation is 1. The SMILES string of the molecule is C#CC(C)NCc1cncn1CCC. The Labute approximate surface area is 85.5 Å². The molecule has 0 aliphatic carbocycles. The highest BCUT2D eigenvalue weighted by Crippen LogP contribution is 2.00. The molecule has 1 rings (SSSR count). The fraction of sp³-hybridized carbons (Fsp3) is 0.545. The van der Waals surface area contributed by atoms with E-state index in [1.54, 1.807) is 0 Å². The van der Waals surface area contributed by atoms with Gasteiger partial charge >= 0.3 is 0 Å². The van der Waals surface area contributed by atoms with E-state index in [2.05, 4.69) is 27.7 Å². The number of rotatable bonds is 5. The molecule has 1 aromatic rings. The molecule has 3 heteroatoms. The van der Waals surface area contributed by atoms with Gasteiger partial charge in [-0.15, -0.1) is 6.42 Å². The summed E-state index contributed by atoms with van der Waals surface area (Å²) in [6.45, 7) is 5.93. The normalized spacial score (nSPS) is 12.4. The lowest BCUT2D eigenvalue weighted by Gasteiger charge is -2.09. The second kappa shape index (κ2) is 5.46. The molecule has 0 spiro atoms. The molecule has 0 radical (unpaired) electrons. The van der Waals surface area contributed by atoms with Crippen LogP contribution >= 0.6 is 0 Å². The first-order valence-corrected chi connectivity index (χ1v) is 4.96. The first-order chi connectivity index (χ1) is 6.77. The zero-order valence-electron chi connectivity index (χ0n) is 8.83. The first-order valence-electron chi connectivity index (χ1n) is 4.96. The van der Waals surface area contributed by atoms with Crippen molar-refractivity contribution < 1.29 is 0 Å². The van der Waals surface area contributed by atoms with Crippen LogP contribution in [0, 0.1) is 12.3 Å². The fourth-order valence-corrected chi connectivity index (χ4v) is 1.25. The highest BCUT2D eigenvalue weighted by molar-refractivity contribution is 5.01. The molecule has 1 heterocycles. The highest BCUT2D eigenvalue weighted by atomic mass is 15.1. The van der Waals surface area contributed by atoms with Gasteiger partial charge in [-0.3, -0.25) is 5.32 Å². The molecule has 0 fully saturated rings. The van der Waals surface area contributed by atoms with Crippen molar-refractivity contribution in [1.82, 2.24) is 14.9 Å². The highest BCUT2D eigenvalue weighted by Gasteiger charge is 2.02. The topological polar surface area (TPSA) is 29.9 Å². The van der Waals surface area contributed by atoms with Crippen LogP contribution in [0.4, 0.5) is 0 Å². The van der Waals surface area contributed by atoms with Crippen molar-refractivity contribution in [3.05, 3.63) is 18.2 Å². The third-order valence-electron chi connectivity index (χ3n) is 2.10. The number of imidazole rings is 1. The van der Waals surface area contributed by atoms with Gasteiger partial charge in [0.05, 0.1) is 18.1 Å². The summed E-state index contributed by atoms with van der Waals surface area (Å²) in [5.74, 6) is 2.64. The Bertz CT molecular complexity index is 309. The van der Waals surface area contributed by atoms with Gasteiger partial charge in [-0.1, -0.05) is 12.8 Å². The van der Waals surface area contributed by atoms with Gasteiger partial charge in [0.1, 0.15) is 0 Å². The Hall–Kier alpha value is -1.27. The molecule has 1 N–H and O–H groups in total. The number of aromatic nitrogens is 2. The predicted molar refractivity (Wildman–Crippen MR) is 57.7 cm³/mol. The zero-order valence-corrected chi connectivity index (χ0v) is 8.83. The number of hydrogen-bond acceptors (Lipinski definition) is 2. The van der Waals surface area contributed by atoms with Crippen LogP contribution in [0.15, 0.2) is 12.5 Å². The van der Waals surface area contributed by atoms with E-state index >= 15 is 0 Å². The van der Waals surface area contributed by atoms with Crippen molar-refractivity contribution in [2.75, 3.05) is 0 Å². The molecule has 0 aliphatic rings. The summed E-state index contributed by atoms with van der Waals surface area (Å²) in [5, 5.41) is 3.24. The number of nitrogens with one attached hydrogen (secondary N) is 1. The molecule has 1 unspecified atom stereocenters. The van der Waals surface area contributed by atoms with Gasteiger partial charge < -0.3 is 4.57 Å². The lowest BCUT2D eigenvalue weighted by molar-refractivity contribution is 0.584. The average molecular weight is 191 g/mol. The van der Waals surface area contributed by atoms with Crippen LogP contribution in [0.5, 0.6) is 0 Å². The third-order valence-corrected chi connectivity index (χ3v) is 2.10. The maximum absolute atomic E-state index is 5.27. The lowest BCUT2D eigenvalue weighted by atomic mass is 10.3. The molecule has 14 heavy (non-hydrogen) atoms. The van der Waals surface area contributed by atoms with Crippen LogP contribution in [-0.2, 0) is 13.1 Å². The van der Waals surface area contributed by atoms with Crippen LogP contribution in [0.1, 0.15) is 26.0 Å². The molecule has 1 aromatic heterocycles. The maximum Gasteiger partial charge on any atom is 0.0948 e. The summed E-state index contributed by atoms with van der Waals surface area (Å²) >= 11 is 0. The average Bonchev–Trinajstić information content (AvgIpc) is 2.62. The molecular formula is C11H17N3. The van der Waals surface area contributed by atoms with E-state index in [1.165, 1.54) is 5.69 Å². The van der Waals surface area contributed by atoms with Gasteiger partial charge in [-0.05, 0) is 13.3 Å². The van der Waals surface area contributed by atoms with Gasteiger partial charge in [-0.25, -0.2) is 4.98 Å². The molecule has 0 amide bonds. The Balaban J connectivity index is 2.50. The Morgan fingerprint density at radius 2 is 2.50 bits per heavy atom. The molecule has 0 aliphatic heterocycles. The van der Waals surface area contributed by atoms with E-state index < -0.39 is 0 Å². The van der Waals surface area contributed by atoms with Gasteiger partial charge in [0, 0.05) is 19.3 Å². The number of nitrogens with zero attached hydrogens (tertiary/aromatic N) is 2. The van der Waals surface area contributed by atoms with E-state index in [1.807, 2.05) is 19.4 Å². The van der Waals surface area contributed by atoms with E-state index in [0.717, 1.165) is 19.5 Å². The third kappa shape index (κ3) is 2.90. The summed E-state index contributed by atoms with van der Waals surface area (Å²) < 4.78 is 2.15. The summed E-state index contributed by atoms with van der Waals surface area (Å²) in [6, 6.07) is 0.111. The quantitative estimate of drug-likeness (QED) is 0.713. The minimum absolute atomic E-state index is 0.111. The molecule has 76 valence electrons. The molecule has 0 bridgehead atoms. The van der Waals surface area contributed by atoms with E-state index in [4.69, 9.17) is 6.42 Å². The van der Waals surface area contributed by atoms with E-state index in [0.29, 0.717) is 0 Å². The van der Waals surface area contributed by atoms with Gasteiger partial charge in [0.25, 0.3) is 0 Å². The van der Waals surface area contributed by atoms with Crippen LogP contribution in [0.3, 0.4) is 0 Å². The second-order valence-corrected chi connectivity index (χ2v) is 3.35. The fourth-order valence-electron chi connectivity index (χ4n) is 1.25. The van der Waals surface area contributed by atoms with Crippen LogP contribution < -0.4 is 5.32 Å². The maximum atomic E-state index is 5.27. The zero-order chi connectivity index (χ0) is 10.4. The Morgan fingerprint density at radius 3 is 3.14 bits per heavy atom. The second-order valence-electron chi connectivity index (χ2n) is 3.35. The lowest BCUT2D eigenvalue weighted by Crippen LogP contribution is -2.24. The monoisotopic (exact) mass is 191 g/mol. The molecular weight excluding hydrogens is 174 g/mol. The molecule has 1 atom stereocenters.